The number of piperidine rings is 1. The third-order valence-corrected chi connectivity index (χ3v) is 5.53. The second-order valence-electron chi connectivity index (χ2n) is 5.41. The minimum atomic E-state index is -3.18. The summed E-state index contributed by atoms with van der Waals surface area (Å²) in [4.78, 5) is 0. The Bertz CT molecular complexity index is 533. The lowest BCUT2D eigenvalue weighted by Gasteiger charge is -2.23. The molecule has 114 valence electrons. The SMILES string of the molecule is Cc1cc(C)n(CCCNS(=O)(=O)C2CCCNC2)n1. The van der Waals surface area contributed by atoms with Crippen molar-refractivity contribution in [1.29, 1.82) is 0 Å². The van der Waals surface area contributed by atoms with Crippen LogP contribution in [0.15, 0.2) is 6.07 Å². The van der Waals surface area contributed by atoms with E-state index in [1.54, 1.807) is 0 Å². The fourth-order valence-corrected chi connectivity index (χ4v) is 4.03. The fraction of sp³-hybridized carbons (Fsp3) is 0.769. The van der Waals surface area contributed by atoms with E-state index < -0.39 is 10.0 Å². The van der Waals surface area contributed by atoms with Crippen LogP contribution in [0.1, 0.15) is 30.7 Å². The van der Waals surface area contributed by atoms with Crippen molar-refractivity contribution in [2.45, 2.75) is 44.9 Å². The summed E-state index contributed by atoms with van der Waals surface area (Å²) >= 11 is 0. The van der Waals surface area contributed by atoms with Gasteiger partial charge in [-0.2, -0.15) is 5.10 Å². The third kappa shape index (κ3) is 4.04. The summed E-state index contributed by atoms with van der Waals surface area (Å²) in [5, 5.41) is 7.21. The number of nitrogens with one attached hydrogen (secondary N) is 2. The van der Waals surface area contributed by atoms with Crippen molar-refractivity contribution in [1.82, 2.24) is 19.8 Å². The van der Waals surface area contributed by atoms with Crippen LogP contribution >= 0.6 is 0 Å². The minimum absolute atomic E-state index is 0.287. The number of nitrogens with zero attached hydrogens (tertiary/aromatic N) is 2. The smallest absolute Gasteiger partial charge is 0.215 e. The topological polar surface area (TPSA) is 76.0 Å². The van der Waals surface area contributed by atoms with Gasteiger partial charge in [0.1, 0.15) is 0 Å². The zero-order valence-electron chi connectivity index (χ0n) is 12.2. The maximum atomic E-state index is 12.1. The summed E-state index contributed by atoms with van der Waals surface area (Å²) in [6.45, 7) is 6.67. The number of rotatable bonds is 6. The van der Waals surface area contributed by atoms with Crippen molar-refractivity contribution in [3.05, 3.63) is 17.5 Å². The highest BCUT2D eigenvalue weighted by Gasteiger charge is 2.26. The van der Waals surface area contributed by atoms with Gasteiger partial charge in [-0.1, -0.05) is 0 Å². The van der Waals surface area contributed by atoms with Gasteiger partial charge in [0.15, 0.2) is 0 Å². The number of hydrogen-bond donors (Lipinski definition) is 2. The summed E-state index contributed by atoms with van der Waals surface area (Å²) in [7, 11) is -3.18. The molecule has 20 heavy (non-hydrogen) atoms. The second-order valence-corrected chi connectivity index (χ2v) is 7.46. The van der Waals surface area contributed by atoms with Gasteiger partial charge in [0.05, 0.1) is 10.9 Å². The van der Waals surface area contributed by atoms with Gasteiger partial charge in [-0.3, -0.25) is 4.68 Å². The van der Waals surface area contributed by atoms with Crippen LogP contribution in [0.5, 0.6) is 0 Å². The zero-order chi connectivity index (χ0) is 14.6. The third-order valence-electron chi connectivity index (χ3n) is 3.64. The van der Waals surface area contributed by atoms with E-state index in [1.165, 1.54) is 0 Å². The van der Waals surface area contributed by atoms with Crippen molar-refractivity contribution in [3.63, 3.8) is 0 Å². The summed E-state index contributed by atoms with van der Waals surface area (Å²) < 4.78 is 28.8. The summed E-state index contributed by atoms with van der Waals surface area (Å²) in [6.07, 6.45) is 2.43. The molecule has 6 nitrogen and oxygen atoms in total. The summed E-state index contributed by atoms with van der Waals surface area (Å²) in [6, 6.07) is 2.03. The number of aromatic nitrogens is 2. The minimum Gasteiger partial charge on any atom is -0.315 e. The van der Waals surface area contributed by atoms with E-state index in [0.29, 0.717) is 13.1 Å². The Morgan fingerprint density at radius 2 is 2.30 bits per heavy atom. The molecule has 0 bridgehead atoms. The molecule has 1 atom stereocenters. The first kappa shape index (κ1) is 15.5. The lowest BCUT2D eigenvalue weighted by Crippen LogP contribution is -2.44. The average molecular weight is 300 g/mol. The molecule has 2 N–H and O–H groups in total. The van der Waals surface area contributed by atoms with E-state index in [0.717, 1.165) is 43.7 Å². The predicted molar refractivity (Wildman–Crippen MR) is 79.1 cm³/mol. The van der Waals surface area contributed by atoms with E-state index >= 15 is 0 Å². The fourth-order valence-electron chi connectivity index (χ4n) is 2.55. The molecular weight excluding hydrogens is 276 g/mol. The van der Waals surface area contributed by atoms with Crippen LogP contribution in [0.4, 0.5) is 0 Å². The highest BCUT2D eigenvalue weighted by Crippen LogP contribution is 2.10. The summed E-state index contributed by atoms with van der Waals surface area (Å²) in [5.74, 6) is 0. The standard InChI is InChI=1S/C13H24N4O2S/c1-11-9-12(2)17(16-11)8-4-7-15-20(18,19)13-5-3-6-14-10-13/h9,13-15H,3-8,10H2,1-2H3. The summed E-state index contributed by atoms with van der Waals surface area (Å²) in [5.41, 5.74) is 2.11. The van der Waals surface area contributed by atoms with Crippen LogP contribution in [-0.4, -0.2) is 43.1 Å². The first-order valence-corrected chi connectivity index (χ1v) is 8.74. The van der Waals surface area contributed by atoms with Crippen molar-refractivity contribution in [2.75, 3.05) is 19.6 Å². The van der Waals surface area contributed by atoms with Crippen LogP contribution in [0.25, 0.3) is 0 Å². The van der Waals surface area contributed by atoms with Crippen molar-refractivity contribution in [3.8, 4) is 0 Å². The van der Waals surface area contributed by atoms with Gasteiger partial charge in [-0.25, -0.2) is 13.1 Å². The maximum absolute atomic E-state index is 12.1. The molecule has 1 aliphatic rings. The number of aryl methyl sites for hydroxylation is 3. The Labute approximate surface area is 121 Å². The van der Waals surface area contributed by atoms with Crippen molar-refractivity contribution in [2.24, 2.45) is 0 Å². The highest BCUT2D eigenvalue weighted by atomic mass is 32.2. The Hall–Kier alpha value is -0.920. The van der Waals surface area contributed by atoms with E-state index in [2.05, 4.69) is 15.1 Å². The van der Waals surface area contributed by atoms with E-state index in [-0.39, 0.29) is 5.25 Å². The molecule has 1 aromatic heterocycles. The van der Waals surface area contributed by atoms with E-state index in [9.17, 15) is 8.42 Å². The molecule has 1 saturated heterocycles. The number of sulfonamides is 1. The van der Waals surface area contributed by atoms with Gasteiger partial charge < -0.3 is 5.32 Å². The quantitative estimate of drug-likeness (QED) is 0.753. The number of hydrogen-bond acceptors (Lipinski definition) is 4. The Kier molecular flexibility index (Phi) is 5.17. The van der Waals surface area contributed by atoms with Gasteiger partial charge >= 0.3 is 0 Å². The van der Waals surface area contributed by atoms with Crippen LogP contribution in [-0.2, 0) is 16.6 Å². The molecule has 1 fully saturated rings. The normalized spacial score (nSPS) is 20.2. The van der Waals surface area contributed by atoms with Gasteiger partial charge in [0.25, 0.3) is 0 Å². The van der Waals surface area contributed by atoms with Crippen molar-refractivity contribution >= 4 is 10.0 Å². The second kappa shape index (κ2) is 6.69. The molecule has 1 aliphatic heterocycles. The van der Waals surface area contributed by atoms with Gasteiger partial charge in [-0.15, -0.1) is 0 Å². The van der Waals surface area contributed by atoms with Gasteiger partial charge in [0, 0.05) is 25.3 Å². The zero-order valence-corrected chi connectivity index (χ0v) is 13.0. The Morgan fingerprint density at radius 1 is 1.50 bits per heavy atom. The van der Waals surface area contributed by atoms with Gasteiger partial charge in [0.2, 0.25) is 10.0 Å². The molecule has 0 aliphatic carbocycles. The molecule has 2 rings (SSSR count). The molecule has 0 aromatic carbocycles. The molecule has 0 radical (unpaired) electrons. The average Bonchev–Trinajstić information content (AvgIpc) is 2.74. The molecular formula is C13H24N4O2S. The lowest BCUT2D eigenvalue weighted by atomic mass is 10.2. The monoisotopic (exact) mass is 300 g/mol. The van der Waals surface area contributed by atoms with Crippen LogP contribution in [0, 0.1) is 13.8 Å². The first-order valence-electron chi connectivity index (χ1n) is 7.19. The highest BCUT2D eigenvalue weighted by molar-refractivity contribution is 7.90. The molecule has 0 spiro atoms. The van der Waals surface area contributed by atoms with Crippen LogP contribution in [0.3, 0.4) is 0 Å². The van der Waals surface area contributed by atoms with Crippen LogP contribution < -0.4 is 10.0 Å². The Balaban J connectivity index is 1.76. The lowest BCUT2D eigenvalue weighted by molar-refractivity contribution is 0.486. The van der Waals surface area contributed by atoms with Crippen LogP contribution in [0.2, 0.25) is 0 Å². The molecule has 0 saturated carbocycles. The molecule has 1 aromatic rings. The molecule has 2 heterocycles. The molecule has 0 amide bonds. The maximum Gasteiger partial charge on any atom is 0.215 e. The largest absolute Gasteiger partial charge is 0.315 e. The van der Waals surface area contributed by atoms with Gasteiger partial charge in [-0.05, 0) is 45.7 Å². The van der Waals surface area contributed by atoms with Crippen molar-refractivity contribution < 1.29 is 8.42 Å². The Morgan fingerprint density at radius 3 is 2.90 bits per heavy atom. The first-order chi connectivity index (χ1) is 9.49. The molecule has 7 heteroatoms. The molecule has 1 unspecified atom stereocenters. The van der Waals surface area contributed by atoms with E-state index in [4.69, 9.17) is 0 Å². The predicted octanol–water partition coefficient (Wildman–Crippen LogP) is 0.561. The van der Waals surface area contributed by atoms with E-state index in [1.807, 2.05) is 24.6 Å².